The molecule has 0 unspecified atom stereocenters. The maximum absolute atomic E-state index is 14.0. The number of ether oxygens (including phenoxy) is 2. The molecular formula is C21H20F3N3O4. The molecule has 0 bridgehead atoms. The molecule has 0 spiro atoms. The number of aromatic nitrogens is 1. The SMILES string of the molecule is CC/C=C(Oc1ccccc1)/C(=C(\N=C(/C)c1cc([N+](=O)[O-])ccn1)OC)C(F)(F)F. The first kappa shape index (κ1) is 23.6. The van der Waals surface area contributed by atoms with Crippen LogP contribution in [0.1, 0.15) is 26.0 Å². The van der Waals surface area contributed by atoms with Crippen molar-refractivity contribution >= 4 is 11.4 Å². The van der Waals surface area contributed by atoms with Gasteiger partial charge in [-0.2, -0.15) is 13.2 Å². The van der Waals surface area contributed by atoms with Gasteiger partial charge in [-0.1, -0.05) is 25.1 Å². The number of pyridine rings is 1. The predicted octanol–water partition coefficient (Wildman–Crippen LogP) is 5.59. The summed E-state index contributed by atoms with van der Waals surface area (Å²) in [5.41, 5.74) is -1.45. The van der Waals surface area contributed by atoms with Crippen molar-refractivity contribution in [3.63, 3.8) is 0 Å². The molecular weight excluding hydrogens is 415 g/mol. The Balaban J connectivity index is 2.61. The van der Waals surface area contributed by atoms with Crippen molar-refractivity contribution in [2.24, 2.45) is 4.99 Å². The van der Waals surface area contributed by atoms with Crippen molar-refractivity contribution in [2.45, 2.75) is 26.4 Å². The second kappa shape index (κ2) is 10.4. The molecule has 0 radical (unpaired) electrons. The van der Waals surface area contributed by atoms with Crippen molar-refractivity contribution in [1.29, 1.82) is 0 Å². The van der Waals surface area contributed by atoms with Crippen molar-refractivity contribution < 1.29 is 27.6 Å². The average molecular weight is 435 g/mol. The smallest absolute Gasteiger partial charge is 0.425 e. The number of hydrogen-bond acceptors (Lipinski definition) is 6. The summed E-state index contributed by atoms with van der Waals surface area (Å²) in [5, 5.41) is 11.0. The molecule has 0 atom stereocenters. The number of nitro groups is 1. The van der Waals surface area contributed by atoms with Gasteiger partial charge in [0.15, 0.2) is 5.57 Å². The lowest BCUT2D eigenvalue weighted by molar-refractivity contribution is -0.384. The van der Waals surface area contributed by atoms with Crippen LogP contribution in [0.2, 0.25) is 0 Å². The number of alkyl halides is 3. The highest BCUT2D eigenvalue weighted by Crippen LogP contribution is 2.36. The third-order valence-corrected chi connectivity index (χ3v) is 3.89. The zero-order chi connectivity index (χ0) is 23.0. The van der Waals surface area contributed by atoms with Crippen LogP contribution in [-0.2, 0) is 4.74 Å². The first-order valence-electron chi connectivity index (χ1n) is 9.12. The second-order valence-corrected chi connectivity index (χ2v) is 6.13. The normalized spacial score (nSPS) is 13.5. The van der Waals surface area contributed by atoms with Gasteiger partial charge in [0.05, 0.1) is 23.4 Å². The van der Waals surface area contributed by atoms with E-state index >= 15 is 0 Å². The molecule has 2 rings (SSSR count). The van der Waals surface area contributed by atoms with Crippen LogP contribution in [0.5, 0.6) is 5.75 Å². The molecule has 2 aromatic rings. The fourth-order valence-electron chi connectivity index (χ4n) is 2.51. The average Bonchev–Trinajstić information content (AvgIpc) is 2.73. The summed E-state index contributed by atoms with van der Waals surface area (Å²) in [7, 11) is 1.05. The van der Waals surface area contributed by atoms with Crippen LogP contribution in [0.25, 0.3) is 0 Å². The third-order valence-electron chi connectivity index (χ3n) is 3.89. The van der Waals surface area contributed by atoms with Crippen LogP contribution >= 0.6 is 0 Å². The molecule has 0 aliphatic rings. The van der Waals surface area contributed by atoms with Crippen LogP contribution in [0.4, 0.5) is 18.9 Å². The van der Waals surface area contributed by atoms with E-state index in [2.05, 4.69) is 9.98 Å². The minimum Gasteiger partial charge on any atom is -0.480 e. The summed E-state index contributed by atoms with van der Waals surface area (Å²) in [6.07, 6.45) is -2.16. The largest absolute Gasteiger partial charge is 0.480 e. The Morgan fingerprint density at radius 3 is 2.48 bits per heavy atom. The van der Waals surface area contributed by atoms with Crippen LogP contribution in [-0.4, -0.2) is 28.9 Å². The van der Waals surface area contributed by atoms with E-state index in [1.165, 1.54) is 37.4 Å². The van der Waals surface area contributed by atoms with Crippen LogP contribution in [0.3, 0.4) is 0 Å². The van der Waals surface area contributed by atoms with Crippen molar-refractivity contribution in [3.05, 3.63) is 87.8 Å². The number of methoxy groups -OCH3 is 1. The quantitative estimate of drug-likeness (QED) is 0.177. The molecule has 0 aliphatic carbocycles. The third kappa shape index (κ3) is 6.39. The first-order chi connectivity index (χ1) is 14.7. The van der Waals surface area contributed by atoms with E-state index in [9.17, 15) is 23.3 Å². The van der Waals surface area contributed by atoms with Crippen molar-refractivity contribution in [1.82, 2.24) is 4.98 Å². The summed E-state index contributed by atoms with van der Waals surface area (Å²) in [6.45, 7) is 3.04. The number of aliphatic imine (C=N–C) groups is 1. The molecule has 1 aromatic carbocycles. The Bertz CT molecular complexity index is 1020. The number of benzene rings is 1. The number of rotatable bonds is 8. The lowest BCUT2D eigenvalue weighted by atomic mass is 10.1. The highest BCUT2D eigenvalue weighted by Gasteiger charge is 2.41. The minimum absolute atomic E-state index is 0.00198. The maximum Gasteiger partial charge on any atom is 0.425 e. The summed E-state index contributed by atoms with van der Waals surface area (Å²) in [6, 6.07) is 10.3. The molecule has 31 heavy (non-hydrogen) atoms. The van der Waals surface area contributed by atoms with Crippen LogP contribution < -0.4 is 4.74 Å². The van der Waals surface area contributed by atoms with Crippen molar-refractivity contribution in [3.8, 4) is 5.75 Å². The van der Waals surface area contributed by atoms with E-state index in [-0.39, 0.29) is 29.3 Å². The molecule has 0 N–H and O–H groups in total. The zero-order valence-corrected chi connectivity index (χ0v) is 17.0. The fraction of sp³-hybridized carbons (Fsp3) is 0.238. The Labute approximate surface area is 176 Å². The number of para-hydroxylation sites is 1. The van der Waals surface area contributed by atoms with Gasteiger partial charge in [-0.25, -0.2) is 4.99 Å². The lowest BCUT2D eigenvalue weighted by Gasteiger charge is -2.18. The Kier molecular flexibility index (Phi) is 7.89. The molecule has 0 fully saturated rings. The van der Waals surface area contributed by atoms with E-state index in [0.29, 0.717) is 0 Å². The van der Waals surface area contributed by atoms with E-state index in [1.54, 1.807) is 25.1 Å². The zero-order valence-electron chi connectivity index (χ0n) is 17.0. The minimum atomic E-state index is -4.86. The molecule has 7 nitrogen and oxygen atoms in total. The molecule has 0 amide bonds. The van der Waals surface area contributed by atoms with Gasteiger partial charge in [0, 0.05) is 18.3 Å². The summed E-state index contributed by atoms with van der Waals surface area (Å²) < 4.78 is 52.5. The van der Waals surface area contributed by atoms with E-state index in [4.69, 9.17) is 9.47 Å². The van der Waals surface area contributed by atoms with Crippen LogP contribution in [0.15, 0.2) is 76.9 Å². The van der Waals surface area contributed by atoms with Gasteiger partial charge in [-0.3, -0.25) is 15.1 Å². The van der Waals surface area contributed by atoms with Gasteiger partial charge in [-0.15, -0.1) is 0 Å². The van der Waals surface area contributed by atoms with Gasteiger partial charge in [0.25, 0.3) is 5.69 Å². The maximum atomic E-state index is 14.0. The van der Waals surface area contributed by atoms with Gasteiger partial charge in [-0.05, 0) is 31.6 Å². The monoisotopic (exact) mass is 435 g/mol. The van der Waals surface area contributed by atoms with E-state index < -0.39 is 28.3 Å². The molecule has 1 aromatic heterocycles. The topological polar surface area (TPSA) is 86.9 Å². The molecule has 1 heterocycles. The van der Waals surface area contributed by atoms with Gasteiger partial charge in [0.2, 0.25) is 5.88 Å². The highest BCUT2D eigenvalue weighted by atomic mass is 19.4. The Morgan fingerprint density at radius 2 is 1.94 bits per heavy atom. The molecule has 164 valence electrons. The van der Waals surface area contributed by atoms with Crippen molar-refractivity contribution in [2.75, 3.05) is 7.11 Å². The lowest BCUT2D eigenvalue weighted by Crippen LogP contribution is -2.20. The highest BCUT2D eigenvalue weighted by molar-refractivity contribution is 5.98. The number of allylic oxidation sites excluding steroid dienone is 2. The molecule has 0 saturated heterocycles. The van der Waals surface area contributed by atoms with Crippen LogP contribution in [0, 0.1) is 10.1 Å². The van der Waals surface area contributed by atoms with Gasteiger partial charge >= 0.3 is 6.18 Å². The van der Waals surface area contributed by atoms with Gasteiger partial charge < -0.3 is 9.47 Å². The first-order valence-corrected chi connectivity index (χ1v) is 9.12. The standard InChI is InChI=1S/C21H20F3N3O4/c1-4-8-18(31-16-9-6-5-7-10-16)19(21(22,23)24)20(30-3)26-14(2)17-13-15(27(28)29)11-12-25-17/h5-13H,4H2,1-3H3/b18-8-,20-19-,26-14+. The summed E-state index contributed by atoms with van der Waals surface area (Å²) in [4.78, 5) is 18.2. The number of halogens is 3. The summed E-state index contributed by atoms with van der Waals surface area (Å²) >= 11 is 0. The number of nitrogens with zero attached hydrogens (tertiary/aromatic N) is 3. The Morgan fingerprint density at radius 1 is 1.26 bits per heavy atom. The van der Waals surface area contributed by atoms with E-state index in [1.807, 2.05) is 0 Å². The fourth-order valence-corrected chi connectivity index (χ4v) is 2.51. The van der Waals surface area contributed by atoms with Gasteiger partial charge in [0.1, 0.15) is 11.5 Å². The molecule has 0 aliphatic heterocycles. The predicted molar refractivity (Wildman–Crippen MR) is 109 cm³/mol. The Hall–Kier alpha value is -3.69. The van der Waals surface area contributed by atoms with E-state index in [0.717, 1.165) is 13.2 Å². The summed E-state index contributed by atoms with van der Waals surface area (Å²) in [5.74, 6) is -1.02. The number of hydrogen-bond donors (Lipinski definition) is 0. The second-order valence-electron chi connectivity index (χ2n) is 6.13. The molecule has 0 saturated carbocycles. The molecule has 10 heteroatoms.